The number of sulfonamides is 2. The Morgan fingerprint density at radius 3 is 1.30 bits per heavy atom. The maximum Gasteiger partial charge on any atom is 0.243 e. The Kier molecular flexibility index (Phi) is 8.60. The number of halogens is 1. The molecule has 0 spiro atoms. The molecule has 0 unspecified atom stereocenters. The first-order chi connectivity index (χ1) is 13.7. The number of hydrogen-bond donors (Lipinski definition) is 1. The van der Waals surface area contributed by atoms with E-state index in [1.807, 2.05) is 13.8 Å². The van der Waals surface area contributed by atoms with Crippen LogP contribution in [0.4, 0.5) is 0 Å². The maximum atomic E-state index is 13.1. The van der Waals surface area contributed by atoms with Crippen molar-refractivity contribution >= 4 is 37.0 Å². The van der Waals surface area contributed by atoms with E-state index in [1.54, 1.807) is 48.5 Å². The van der Waals surface area contributed by atoms with Crippen LogP contribution in [0.2, 0.25) is 0 Å². The average molecular weight is 518 g/mol. The van der Waals surface area contributed by atoms with Crippen LogP contribution in [0.15, 0.2) is 58.3 Å². The van der Waals surface area contributed by atoms with Crippen molar-refractivity contribution in [2.75, 3.05) is 39.3 Å². The number of nitrogens with zero attached hydrogens (tertiary/aromatic N) is 2. The van der Waals surface area contributed by atoms with E-state index in [2.05, 4.69) is 5.32 Å². The van der Waals surface area contributed by atoms with E-state index in [-0.39, 0.29) is 53.0 Å². The fraction of sp³-hybridized carbons (Fsp3) is 0.400. The summed E-state index contributed by atoms with van der Waals surface area (Å²) in [4.78, 5) is 0.436. The first-order valence-electron chi connectivity index (χ1n) is 9.55. The number of benzene rings is 2. The van der Waals surface area contributed by atoms with Gasteiger partial charge in [0.2, 0.25) is 20.0 Å². The van der Waals surface area contributed by atoms with Gasteiger partial charge in [-0.25, -0.2) is 16.8 Å². The standard InChI is InChI=1S/C20H27N3O4S2.BrH/c1-17-3-7-19(8-4-17)28(24,25)22-13-11-21-12-14-23(16-15-22)29(26,27)20-9-5-18(2)6-10-20;/h3-10,21H,11-16H2,1-2H3;1H. The second-order valence-corrected chi connectivity index (χ2v) is 11.1. The topological polar surface area (TPSA) is 86.8 Å². The quantitative estimate of drug-likeness (QED) is 0.671. The highest BCUT2D eigenvalue weighted by atomic mass is 79.9. The van der Waals surface area contributed by atoms with Crippen molar-refractivity contribution < 1.29 is 16.8 Å². The molecule has 0 amide bonds. The van der Waals surface area contributed by atoms with E-state index >= 15 is 0 Å². The van der Waals surface area contributed by atoms with Crippen molar-refractivity contribution in [3.63, 3.8) is 0 Å². The van der Waals surface area contributed by atoms with Gasteiger partial charge in [0.25, 0.3) is 0 Å². The van der Waals surface area contributed by atoms with Crippen LogP contribution in [-0.2, 0) is 20.0 Å². The van der Waals surface area contributed by atoms with E-state index in [0.717, 1.165) is 11.1 Å². The molecule has 30 heavy (non-hydrogen) atoms. The summed E-state index contributed by atoms with van der Waals surface area (Å²) in [6.45, 7) is 5.49. The SMILES string of the molecule is Br.Cc1ccc(S(=O)(=O)N2CCNCCN(S(=O)(=O)c3ccc(C)cc3)CC2)cc1. The Balaban J connectivity index is 0.00000320. The van der Waals surface area contributed by atoms with E-state index in [9.17, 15) is 16.8 Å². The molecule has 1 saturated heterocycles. The summed E-state index contributed by atoms with van der Waals surface area (Å²) in [6, 6.07) is 13.4. The maximum absolute atomic E-state index is 13.1. The van der Waals surface area contributed by atoms with Gasteiger partial charge < -0.3 is 5.32 Å². The molecule has 1 aliphatic rings. The minimum absolute atomic E-state index is 0. The van der Waals surface area contributed by atoms with Gasteiger partial charge in [0.1, 0.15) is 0 Å². The monoisotopic (exact) mass is 517 g/mol. The number of hydrogen-bond acceptors (Lipinski definition) is 5. The highest BCUT2D eigenvalue weighted by Crippen LogP contribution is 2.19. The molecule has 7 nitrogen and oxygen atoms in total. The second kappa shape index (κ2) is 10.3. The minimum atomic E-state index is -3.70. The zero-order valence-corrected chi connectivity index (χ0v) is 20.5. The van der Waals surface area contributed by atoms with E-state index in [0.29, 0.717) is 13.1 Å². The lowest BCUT2D eigenvalue weighted by molar-refractivity contribution is 0.365. The summed E-state index contributed by atoms with van der Waals surface area (Å²) < 4.78 is 55.0. The molecule has 3 rings (SSSR count). The molecule has 0 atom stereocenters. The molecule has 0 aromatic heterocycles. The Labute approximate surface area is 190 Å². The summed E-state index contributed by atoms with van der Waals surface area (Å²) in [7, 11) is -7.40. The van der Waals surface area contributed by atoms with Gasteiger partial charge in [-0.15, -0.1) is 17.0 Å². The summed E-state index contributed by atoms with van der Waals surface area (Å²) in [5.41, 5.74) is 1.95. The smallest absolute Gasteiger partial charge is 0.243 e. The molecule has 0 radical (unpaired) electrons. The summed E-state index contributed by atoms with van der Waals surface area (Å²) in [5.74, 6) is 0. The van der Waals surface area contributed by atoms with Crippen LogP contribution >= 0.6 is 17.0 Å². The molecule has 1 fully saturated rings. The molecule has 0 bridgehead atoms. The van der Waals surface area contributed by atoms with Crippen LogP contribution in [0.3, 0.4) is 0 Å². The van der Waals surface area contributed by atoms with Gasteiger partial charge in [-0.3, -0.25) is 0 Å². The van der Waals surface area contributed by atoms with Crippen LogP contribution in [-0.4, -0.2) is 64.7 Å². The largest absolute Gasteiger partial charge is 0.314 e. The van der Waals surface area contributed by atoms with Gasteiger partial charge in [-0.2, -0.15) is 8.61 Å². The lowest BCUT2D eigenvalue weighted by atomic mass is 10.2. The Morgan fingerprint density at radius 1 is 0.633 bits per heavy atom. The Bertz CT molecular complexity index is 955. The second-order valence-electron chi connectivity index (χ2n) is 7.18. The van der Waals surface area contributed by atoms with Crippen molar-refractivity contribution in [1.29, 1.82) is 0 Å². The van der Waals surface area contributed by atoms with Gasteiger partial charge in [-0.05, 0) is 38.1 Å². The van der Waals surface area contributed by atoms with Crippen LogP contribution in [0.1, 0.15) is 11.1 Å². The van der Waals surface area contributed by atoms with Crippen molar-refractivity contribution in [3.05, 3.63) is 59.7 Å². The first kappa shape index (κ1) is 25.0. The predicted molar refractivity (Wildman–Crippen MR) is 123 cm³/mol. The molecule has 2 aromatic carbocycles. The van der Waals surface area contributed by atoms with Crippen LogP contribution in [0.5, 0.6) is 0 Å². The van der Waals surface area contributed by atoms with Gasteiger partial charge in [0, 0.05) is 39.3 Å². The van der Waals surface area contributed by atoms with Gasteiger partial charge >= 0.3 is 0 Å². The molecule has 0 saturated carbocycles. The highest BCUT2D eigenvalue weighted by molar-refractivity contribution is 8.93. The Morgan fingerprint density at radius 2 is 0.967 bits per heavy atom. The fourth-order valence-corrected chi connectivity index (χ4v) is 6.04. The lowest BCUT2D eigenvalue weighted by Crippen LogP contribution is -2.41. The van der Waals surface area contributed by atoms with E-state index in [1.165, 1.54) is 8.61 Å². The van der Waals surface area contributed by atoms with Crippen molar-refractivity contribution in [2.24, 2.45) is 0 Å². The minimum Gasteiger partial charge on any atom is -0.314 e. The molecule has 1 heterocycles. The van der Waals surface area contributed by atoms with Crippen LogP contribution < -0.4 is 5.32 Å². The van der Waals surface area contributed by atoms with Crippen LogP contribution in [0.25, 0.3) is 0 Å². The van der Waals surface area contributed by atoms with Crippen molar-refractivity contribution in [1.82, 2.24) is 13.9 Å². The molecule has 1 aliphatic heterocycles. The van der Waals surface area contributed by atoms with Crippen molar-refractivity contribution in [3.8, 4) is 0 Å². The average Bonchev–Trinajstić information content (AvgIpc) is 2.81. The van der Waals surface area contributed by atoms with E-state index < -0.39 is 20.0 Å². The molecular formula is C20H28BrN3O4S2. The molecule has 2 aromatic rings. The number of nitrogens with one attached hydrogen (secondary N) is 1. The third kappa shape index (κ3) is 5.68. The molecule has 1 N–H and O–H groups in total. The van der Waals surface area contributed by atoms with Crippen molar-refractivity contribution in [2.45, 2.75) is 23.6 Å². The zero-order chi connectivity index (χ0) is 21.1. The number of rotatable bonds is 4. The first-order valence-corrected chi connectivity index (χ1v) is 12.4. The molecule has 0 aliphatic carbocycles. The summed E-state index contributed by atoms with van der Waals surface area (Å²) >= 11 is 0. The third-order valence-corrected chi connectivity index (χ3v) is 8.82. The third-order valence-electron chi connectivity index (χ3n) is 4.99. The van der Waals surface area contributed by atoms with Gasteiger partial charge in [0.05, 0.1) is 9.79 Å². The summed E-state index contributed by atoms with van der Waals surface area (Å²) in [6.07, 6.45) is 0. The van der Waals surface area contributed by atoms with E-state index in [4.69, 9.17) is 0 Å². The highest BCUT2D eigenvalue weighted by Gasteiger charge is 2.29. The molecule has 166 valence electrons. The Hall–Kier alpha value is -1.30. The van der Waals surface area contributed by atoms with Gasteiger partial charge in [0.15, 0.2) is 0 Å². The predicted octanol–water partition coefficient (Wildman–Crippen LogP) is 2.17. The lowest BCUT2D eigenvalue weighted by Gasteiger charge is -2.25. The van der Waals surface area contributed by atoms with Crippen LogP contribution in [0, 0.1) is 13.8 Å². The normalized spacial score (nSPS) is 17.4. The molecule has 10 heteroatoms. The summed E-state index contributed by atoms with van der Waals surface area (Å²) in [5, 5.41) is 3.14. The van der Waals surface area contributed by atoms with Gasteiger partial charge in [-0.1, -0.05) is 35.4 Å². The molecular weight excluding hydrogens is 490 g/mol. The number of aryl methyl sites for hydroxylation is 2. The zero-order valence-electron chi connectivity index (χ0n) is 17.1. The fourth-order valence-electron chi connectivity index (χ4n) is 3.18.